The number of carbonyl (C=O) groups excluding carboxylic acids is 1. The lowest BCUT2D eigenvalue weighted by Crippen LogP contribution is -2.49. The first-order valence-electron chi connectivity index (χ1n) is 7.36. The summed E-state index contributed by atoms with van der Waals surface area (Å²) >= 11 is 0. The molecule has 1 fully saturated rings. The van der Waals surface area contributed by atoms with Crippen molar-refractivity contribution < 1.29 is 19.6 Å². The molecule has 2 rings (SSSR count). The van der Waals surface area contributed by atoms with Gasteiger partial charge in [0.05, 0.1) is 11.0 Å². The van der Waals surface area contributed by atoms with E-state index in [1.54, 1.807) is 31.7 Å². The Morgan fingerprint density at radius 2 is 2.17 bits per heavy atom. The molecule has 1 aliphatic heterocycles. The number of piperazine rings is 1. The number of benzene rings is 1. The summed E-state index contributed by atoms with van der Waals surface area (Å²) in [6.07, 6.45) is -0.405. The third-order valence-corrected chi connectivity index (χ3v) is 3.43. The average Bonchev–Trinajstić information content (AvgIpc) is 2.46. The largest absolute Gasteiger partial charge is 0.502 e. The summed E-state index contributed by atoms with van der Waals surface area (Å²) in [6, 6.07) is 3.97. The van der Waals surface area contributed by atoms with Gasteiger partial charge in [-0.05, 0) is 32.4 Å². The van der Waals surface area contributed by atoms with Crippen molar-refractivity contribution in [2.75, 3.05) is 19.6 Å². The second kappa shape index (κ2) is 6.41. The van der Waals surface area contributed by atoms with Crippen molar-refractivity contribution in [2.24, 2.45) is 0 Å². The van der Waals surface area contributed by atoms with E-state index in [0.717, 1.165) is 0 Å². The molecule has 23 heavy (non-hydrogen) atoms. The van der Waals surface area contributed by atoms with Crippen molar-refractivity contribution in [1.82, 2.24) is 10.2 Å². The first-order valence-corrected chi connectivity index (χ1v) is 7.36. The van der Waals surface area contributed by atoms with Crippen LogP contribution in [0, 0.1) is 10.1 Å². The fraction of sp³-hybridized carbons (Fsp3) is 0.533. The van der Waals surface area contributed by atoms with Gasteiger partial charge in [0, 0.05) is 25.7 Å². The number of hydrogen-bond acceptors (Lipinski definition) is 6. The number of nitrogens with one attached hydrogen (secondary N) is 1. The smallest absolute Gasteiger partial charge is 0.410 e. The molecule has 0 saturated carbocycles. The van der Waals surface area contributed by atoms with Crippen molar-refractivity contribution in [3.8, 4) is 5.75 Å². The monoisotopic (exact) mass is 323 g/mol. The number of hydrogen-bond donors (Lipinski definition) is 2. The SMILES string of the molecule is CC(C)(C)OC(=O)N1CCNC(c2ccc(O)c([N+](=O)[O-])c2)C1. The number of carbonyl (C=O) groups is 1. The van der Waals surface area contributed by atoms with Crippen LogP contribution in [0.1, 0.15) is 32.4 Å². The van der Waals surface area contributed by atoms with Crippen molar-refractivity contribution in [2.45, 2.75) is 32.4 Å². The molecule has 1 saturated heterocycles. The Bertz CT molecular complexity index is 612. The molecule has 1 aromatic rings. The Morgan fingerprint density at radius 1 is 1.48 bits per heavy atom. The summed E-state index contributed by atoms with van der Waals surface area (Å²) < 4.78 is 5.35. The van der Waals surface area contributed by atoms with E-state index in [0.29, 0.717) is 25.2 Å². The third-order valence-electron chi connectivity index (χ3n) is 3.43. The van der Waals surface area contributed by atoms with Gasteiger partial charge in [0.25, 0.3) is 0 Å². The van der Waals surface area contributed by atoms with Crippen LogP contribution < -0.4 is 5.32 Å². The zero-order valence-corrected chi connectivity index (χ0v) is 13.4. The van der Waals surface area contributed by atoms with Gasteiger partial charge in [-0.25, -0.2) is 4.79 Å². The predicted octanol–water partition coefficient (Wildman–Crippen LogP) is 2.18. The molecule has 1 atom stereocenters. The lowest BCUT2D eigenvalue weighted by Gasteiger charge is -2.35. The second-order valence-corrected chi connectivity index (χ2v) is 6.44. The number of nitrogens with zero attached hydrogens (tertiary/aromatic N) is 2. The van der Waals surface area contributed by atoms with E-state index in [9.17, 15) is 20.0 Å². The maximum absolute atomic E-state index is 12.1. The molecule has 1 amide bonds. The molecule has 0 radical (unpaired) electrons. The number of phenols is 1. The number of amides is 1. The fourth-order valence-corrected chi connectivity index (χ4v) is 2.37. The third kappa shape index (κ3) is 4.32. The number of nitro groups is 1. The van der Waals surface area contributed by atoms with Crippen molar-refractivity contribution in [3.63, 3.8) is 0 Å². The first-order chi connectivity index (χ1) is 10.7. The van der Waals surface area contributed by atoms with E-state index in [4.69, 9.17) is 4.74 Å². The molecule has 1 aliphatic rings. The van der Waals surface area contributed by atoms with Gasteiger partial charge in [0.1, 0.15) is 5.60 Å². The first kappa shape index (κ1) is 17.0. The molecule has 8 heteroatoms. The minimum Gasteiger partial charge on any atom is -0.502 e. The standard InChI is InChI=1S/C15H21N3O5/c1-15(2,3)23-14(20)17-7-6-16-11(9-17)10-4-5-13(19)12(8-10)18(21)22/h4-5,8,11,16,19H,6-7,9H2,1-3H3. The van der Waals surface area contributed by atoms with E-state index in [1.165, 1.54) is 12.1 Å². The Labute approximate surface area is 134 Å². The van der Waals surface area contributed by atoms with Gasteiger partial charge in [-0.3, -0.25) is 10.1 Å². The molecule has 0 aromatic heterocycles. The van der Waals surface area contributed by atoms with Gasteiger partial charge >= 0.3 is 11.8 Å². The van der Waals surface area contributed by atoms with Crippen LogP contribution >= 0.6 is 0 Å². The molecule has 1 unspecified atom stereocenters. The Kier molecular flexibility index (Phi) is 4.74. The van der Waals surface area contributed by atoms with Crippen LogP contribution in [-0.4, -0.2) is 46.3 Å². The number of aromatic hydroxyl groups is 1. The van der Waals surface area contributed by atoms with E-state index in [2.05, 4.69) is 5.32 Å². The number of phenolic OH excluding ortho intramolecular Hbond substituents is 1. The number of nitro benzene ring substituents is 1. The fourth-order valence-electron chi connectivity index (χ4n) is 2.37. The van der Waals surface area contributed by atoms with Gasteiger partial charge in [-0.2, -0.15) is 0 Å². The van der Waals surface area contributed by atoms with Gasteiger partial charge in [-0.15, -0.1) is 0 Å². The minimum absolute atomic E-state index is 0.254. The molecule has 0 aliphatic carbocycles. The molecule has 2 N–H and O–H groups in total. The summed E-state index contributed by atoms with van der Waals surface area (Å²) in [6.45, 7) is 6.80. The highest BCUT2D eigenvalue weighted by atomic mass is 16.6. The topological polar surface area (TPSA) is 105 Å². The van der Waals surface area contributed by atoms with Crippen molar-refractivity contribution in [3.05, 3.63) is 33.9 Å². The van der Waals surface area contributed by atoms with Crippen LogP contribution in [0.2, 0.25) is 0 Å². The van der Waals surface area contributed by atoms with Crippen molar-refractivity contribution >= 4 is 11.8 Å². The normalized spacial score (nSPS) is 18.6. The van der Waals surface area contributed by atoms with E-state index < -0.39 is 16.6 Å². The molecule has 1 heterocycles. The summed E-state index contributed by atoms with van der Waals surface area (Å²) in [5, 5.41) is 23.7. The molecule has 126 valence electrons. The van der Waals surface area contributed by atoms with Crippen LogP contribution in [0.15, 0.2) is 18.2 Å². The summed E-state index contributed by atoms with van der Waals surface area (Å²) in [5.41, 5.74) is -0.282. The van der Waals surface area contributed by atoms with Gasteiger partial charge in [0.2, 0.25) is 0 Å². The lowest BCUT2D eigenvalue weighted by molar-refractivity contribution is -0.385. The van der Waals surface area contributed by atoms with Gasteiger partial charge < -0.3 is 20.1 Å². The highest BCUT2D eigenvalue weighted by Gasteiger charge is 2.29. The highest BCUT2D eigenvalue weighted by molar-refractivity contribution is 5.68. The predicted molar refractivity (Wildman–Crippen MR) is 83.3 cm³/mol. The van der Waals surface area contributed by atoms with E-state index >= 15 is 0 Å². The second-order valence-electron chi connectivity index (χ2n) is 6.44. The van der Waals surface area contributed by atoms with Gasteiger partial charge in [0.15, 0.2) is 5.75 Å². The van der Waals surface area contributed by atoms with Crippen molar-refractivity contribution in [1.29, 1.82) is 0 Å². The molecule has 1 aromatic carbocycles. The Balaban J connectivity index is 2.14. The van der Waals surface area contributed by atoms with Crippen LogP contribution in [-0.2, 0) is 4.74 Å². The average molecular weight is 323 g/mol. The molecule has 8 nitrogen and oxygen atoms in total. The molecule has 0 bridgehead atoms. The highest BCUT2D eigenvalue weighted by Crippen LogP contribution is 2.30. The number of rotatable bonds is 2. The molecule has 0 spiro atoms. The summed E-state index contributed by atoms with van der Waals surface area (Å²) in [7, 11) is 0. The molecular formula is C15H21N3O5. The zero-order chi connectivity index (χ0) is 17.2. The maximum atomic E-state index is 12.1. The maximum Gasteiger partial charge on any atom is 0.410 e. The van der Waals surface area contributed by atoms with Gasteiger partial charge in [-0.1, -0.05) is 6.07 Å². The van der Waals surface area contributed by atoms with E-state index in [1.807, 2.05) is 0 Å². The Hall–Kier alpha value is -2.35. The van der Waals surface area contributed by atoms with E-state index in [-0.39, 0.29) is 17.5 Å². The zero-order valence-electron chi connectivity index (χ0n) is 13.4. The van der Waals surface area contributed by atoms with Crippen LogP contribution in [0.5, 0.6) is 5.75 Å². The lowest BCUT2D eigenvalue weighted by atomic mass is 10.0. The number of ether oxygens (including phenoxy) is 1. The van der Waals surface area contributed by atoms with Crippen LogP contribution in [0.4, 0.5) is 10.5 Å². The quantitative estimate of drug-likeness (QED) is 0.638. The molecular weight excluding hydrogens is 302 g/mol. The van der Waals surface area contributed by atoms with Crippen LogP contribution in [0.25, 0.3) is 0 Å². The summed E-state index contributed by atoms with van der Waals surface area (Å²) in [5.74, 6) is -0.376. The summed E-state index contributed by atoms with van der Waals surface area (Å²) in [4.78, 5) is 24.0. The Morgan fingerprint density at radius 3 is 2.78 bits per heavy atom. The minimum atomic E-state index is -0.632. The van der Waals surface area contributed by atoms with Crippen LogP contribution in [0.3, 0.4) is 0 Å².